The average Bonchev–Trinajstić information content (AvgIpc) is 2.53. The predicted octanol–water partition coefficient (Wildman–Crippen LogP) is 2.21. The first-order valence-electron chi connectivity index (χ1n) is 7.29. The van der Waals surface area contributed by atoms with Crippen LogP contribution in [0.5, 0.6) is 11.5 Å². The predicted molar refractivity (Wildman–Crippen MR) is 79.2 cm³/mol. The Kier molecular flexibility index (Phi) is 5.50. The maximum atomic E-state index is 13.0. The van der Waals surface area contributed by atoms with Gasteiger partial charge in [-0.1, -0.05) is 0 Å². The second-order valence-electron chi connectivity index (χ2n) is 5.46. The molecular formula is C14H18F3N3O4. The van der Waals surface area contributed by atoms with Gasteiger partial charge in [0.2, 0.25) is 0 Å². The molecule has 10 heteroatoms. The molecule has 1 saturated heterocycles. The highest BCUT2D eigenvalue weighted by molar-refractivity contribution is 5.54. The molecule has 0 amide bonds. The number of nitrogens with zero attached hydrogens (tertiary/aromatic N) is 2. The average molecular weight is 349 g/mol. The monoisotopic (exact) mass is 349 g/mol. The van der Waals surface area contributed by atoms with Crippen LogP contribution < -0.4 is 10.1 Å². The van der Waals surface area contributed by atoms with Crippen molar-refractivity contribution in [1.82, 2.24) is 10.2 Å². The molecule has 2 N–H and O–H groups in total. The van der Waals surface area contributed by atoms with Crippen molar-refractivity contribution in [2.75, 3.05) is 33.3 Å². The van der Waals surface area contributed by atoms with Crippen molar-refractivity contribution in [2.24, 2.45) is 0 Å². The number of halogens is 3. The van der Waals surface area contributed by atoms with Crippen LogP contribution in [0.3, 0.4) is 0 Å². The Hall–Kier alpha value is -2.07. The van der Waals surface area contributed by atoms with E-state index in [-0.39, 0.29) is 11.3 Å². The summed E-state index contributed by atoms with van der Waals surface area (Å²) >= 11 is 0. The number of alkyl halides is 3. The van der Waals surface area contributed by atoms with Gasteiger partial charge >= 0.3 is 6.18 Å². The number of hydrogen-bond donors (Lipinski definition) is 2. The van der Waals surface area contributed by atoms with Crippen LogP contribution in [0.25, 0.3) is 0 Å². The van der Waals surface area contributed by atoms with Crippen molar-refractivity contribution < 1.29 is 27.9 Å². The van der Waals surface area contributed by atoms with E-state index in [0.717, 1.165) is 12.1 Å². The molecule has 0 unspecified atom stereocenters. The maximum absolute atomic E-state index is 13.0. The number of non-ortho nitro benzene ring substituents is 1. The zero-order chi connectivity index (χ0) is 17.9. The summed E-state index contributed by atoms with van der Waals surface area (Å²) in [5.74, 6) is -0.725. The molecule has 134 valence electrons. The van der Waals surface area contributed by atoms with E-state index in [1.54, 1.807) is 4.90 Å². The number of piperazine rings is 1. The minimum Gasteiger partial charge on any atom is -0.504 e. The molecule has 1 aliphatic rings. The fourth-order valence-corrected chi connectivity index (χ4v) is 2.78. The molecule has 2 rings (SSSR count). The van der Waals surface area contributed by atoms with Crippen molar-refractivity contribution in [1.29, 1.82) is 0 Å². The summed E-state index contributed by atoms with van der Waals surface area (Å²) in [4.78, 5) is 11.9. The minimum absolute atomic E-state index is 0.153. The molecule has 0 spiro atoms. The molecule has 1 aromatic carbocycles. The third kappa shape index (κ3) is 4.26. The normalized spacial score (nSPS) is 17.5. The lowest BCUT2D eigenvalue weighted by Gasteiger charge is -2.35. The molecule has 0 aromatic heterocycles. The van der Waals surface area contributed by atoms with Crippen LogP contribution in [0, 0.1) is 10.1 Å². The Balaban J connectivity index is 2.50. The summed E-state index contributed by atoms with van der Waals surface area (Å²) in [5, 5.41) is 24.3. The van der Waals surface area contributed by atoms with E-state index in [1.165, 1.54) is 7.11 Å². The van der Waals surface area contributed by atoms with Crippen molar-refractivity contribution in [3.8, 4) is 11.5 Å². The zero-order valence-corrected chi connectivity index (χ0v) is 13.0. The lowest BCUT2D eigenvalue weighted by Crippen LogP contribution is -2.46. The van der Waals surface area contributed by atoms with Gasteiger partial charge in [0.1, 0.15) is 0 Å². The first kappa shape index (κ1) is 18.3. The SMILES string of the molecule is COc1cc([N+](=O)[O-])cc([C@H](CC(F)(F)F)N2CCNCC2)c1O. The van der Waals surface area contributed by atoms with Crippen LogP contribution in [0.1, 0.15) is 18.0 Å². The Morgan fingerprint density at radius 2 is 2.04 bits per heavy atom. The maximum Gasteiger partial charge on any atom is 0.390 e. The van der Waals surface area contributed by atoms with Crippen LogP contribution in [0.4, 0.5) is 18.9 Å². The number of phenolic OH excluding ortho intramolecular Hbond substituents is 1. The smallest absolute Gasteiger partial charge is 0.390 e. The molecule has 0 saturated carbocycles. The first-order valence-corrected chi connectivity index (χ1v) is 7.29. The van der Waals surface area contributed by atoms with E-state index >= 15 is 0 Å². The topological polar surface area (TPSA) is 87.9 Å². The minimum atomic E-state index is -4.49. The number of nitrogens with one attached hydrogen (secondary N) is 1. The molecule has 1 heterocycles. The molecule has 7 nitrogen and oxygen atoms in total. The highest BCUT2D eigenvalue weighted by Crippen LogP contribution is 2.43. The highest BCUT2D eigenvalue weighted by atomic mass is 19.4. The number of nitro groups is 1. The summed E-state index contributed by atoms with van der Waals surface area (Å²) in [6, 6.07) is 0.748. The molecule has 1 fully saturated rings. The molecule has 24 heavy (non-hydrogen) atoms. The van der Waals surface area contributed by atoms with E-state index in [1.807, 2.05) is 0 Å². The number of methoxy groups -OCH3 is 1. The standard InChI is InChI=1S/C14H18F3N3O4/c1-24-12-7-9(20(22)23)6-10(13(12)21)11(8-14(15,16)17)19-4-2-18-3-5-19/h6-7,11,18,21H,2-5,8H2,1H3/t11-/m0/s1. The third-order valence-electron chi connectivity index (χ3n) is 3.90. The summed E-state index contributed by atoms with van der Waals surface area (Å²) in [7, 11) is 1.19. The molecular weight excluding hydrogens is 331 g/mol. The Bertz CT molecular complexity index is 604. The fraction of sp³-hybridized carbons (Fsp3) is 0.571. The summed E-state index contributed by atoms with van der Waals surface area (Å²) in [5.41, 5.74) is -0.581. The van der Waals surface area contributed by atoms with E-state index in [0.29, 0.717) is 26.2 Å². The van der Waals surface area contributed by atoms with Crippen molar-refractivity contribution in [2.45, 2.75) is 18.6 Å². The van der Waals surface area contributed by atoms with Crippen molar-refractivity contribution in [3.63, 3.8) is 0 Å². The van der Waals surface area contributed by atoms with E-state index in [4.69, 9.17) is 4.74 Å². The van der Waals surface area contributed by atoms with Gasteiger partial charge in [-0.05, 0) is 0 Å². The molecule has 0 radical (unpaired) electrons. The summed E-state index contributed by atoms with van der Waals surface area (Å²) in [6.45, 7) is 1.68. The van der Waals surface area contributed by atoms with Gasteiger partial charge in [0.05, 0.1) is 24.5 Å². The fourth-order valence-electron chi connectivity index (χ4n) is 2.78. The molecule has 0 aliphatic carbocycles. The summed E-state index contributed by atoms with van der Waals surface area (Å²) in [6.07, 6.45) is -5.70. The number of hydrogen-bond acceptors (Lipinski definition) is 6. The highest BCUT2D eigenvalue weighted by Gasteiger charge is 2.38. The molecule has 0 bridgehead atoms. The quantitative estimate of drug-likeness (QED) is 0.626. The number of rotatable bonds is 5. The third-order valence-corrected chi connectivity index (χ3v) is 3.90. The second-order valence-corrected chi connectivity index (χ2v) is 5.46. The number of aromatic hydroxyl groups is 1. The Morgan fingerprint density at radius 1 is 1.42 bits per heavy atom. The van der Waals surface area contributed by atoms with Gasteiger partial charge in [-0.25, -0.2) is 0 Å². The number of nitro benzene ring substituents is 1. The van der Waals surface area contributed by atoms with Gasteiger partial charge < -0.3 is 15.2 Å². The lowest BCUT2D eigenvalue weighted by atomic mass is 9.98. The Morgan fingerprint density at radius 3 is 2.54 bits per heavy atom. The van der Waals surface area contributed by atoms with Gasteiger partial charge in [0.15, 0.2) is 11.5 Å². The zero-order valence-electron chi connectivity index (χ0n) is 13.0. The van der Waals surface area contributed by atoms with Crippen LogP contribution in [-0.2, 0) is 0 Å². The first-order chi connectivity index (χ1) is 11.2. The number of ether oxygens (including phenoxy) is 1. The van der Waals surface area contributed by atoms with Crippen LogP contribution in [0.15, 0.2) is 12.1 Å². The largest absolute Gasteiger partial charge is 0.504 e. The second kappa shape index (κ2) is 7.22. The molecule has 1 atom stereocenters. The molecule has 1 aromatic rings. The lowest BCUT2D eigenvalue weighted by molar-refractivity contribution is -0.385. The van der Waals surface area contributed by atoms with Gasteiger partial charge in [-0.3, -0.25) is 15.0 Å². The summed E-state index contributed by atoms with van der Waals surface area (Å²) < 4.78 is 44.0. The van der Waals surface area contributed by atoms with Gasteiger partial charge in [0.25, 0.3) is 5.69 Å². The number of phenols is 1. The van der Waals surface area contributed by atoms with Crippen LogP contribution in [-0.4, -0.2) is 54.4 Å². The van der Waals surface area contributed by atoms with Crippen LogP contribution in [0.2, 0.25) is 0 Å². The van der Waals surface area contributed by atoms with Gasteiger partial charge in [-0.15, -0.1) is 0 Å². The molecule has 1 aliphatic heterocycles. The van der Waals surface area contributed by atoms with Gasteiger partial charge in [0, 0.05) is 43.9 Å². The van der Waals surface area contributed by atoms with E-state index in [2.05, 4.69) is 5.32 Å². The van der Waals surface area contributed by atoms with E-state index in [9.17, 15) is 28.4 Å². The van der Waals surface area contributed by atoms with Crippen molar-refractivity contribution >= 4 is 5.69 Å². The van der Waals surface area contributed by atoms with E-state index < -0.39 is 35.0 Å². The van der Waals surface area contributed by atoms with Crippen LogP contribution >= 0.6 is 0 Å². The number of benzene rings is 1. The Labute approximate surface area is 136 Å². The van der Waals surface area contributed by atoms with Crippen molar-refractivity contribution in [3.05, 3.63) is 27.8 Å². The van der Waals surface area contributed by atoms with Gasteiger partial charge in [-0.2, -0.15) is 13.2 Å².